The second kappa shape index (κ2) is 11.6. The largest absolute Gasteiger partial charge is 0.379 e. The molecule has 0 aliphatic carbocycles. The van der Waals surface area contributed by atoms with Crippen LogP contribution in [0, 0.1) is 0 Å². The second-order valence-electron chi connectivity index (χ2n) is 5.54. The van der Waals surface area contributed by atoms with Crippen molar-refractivity contribution in [2.75, 3.05) is 53.6 Å². The van der Waals surface area contributed by atoms with Crippen LogP contribution in [0.2, 0.25) is 0 Å². The fourth-order valence-electron chi connectivity index (χ4n) is 1.64. The average Bonchev–Trinajstić information content (AvgIpc) is 2.38. The number of likely N-dealkylation sites (N-methyl/N-ethyl adjacent to an activating group) is 2. The van der Waals surface area contributed by atoms with Gasteiger partial charge in [-0.15, -0.1) is 0 Å². The van der Waals surface area contributed by atoms with E-state index in [1.54, 1.807) is 0 Å². The summed E-state index contributed by atoms with van der Waals surface area (Å²) in [6.45, 7) is 14.1. The van der Waals surface area contributed by atoms with Crippen molar-refractivity contribution in [2.24, 2.45) is 0 Å². The van der Waals surface area contributed by atoms with Crippen LogP contribution in [0.15, 0.2) is 0 Å². The SMILES string of the molecule is CCOCCOC(C)CCN(C)CCN(C)C(C)C. The molecule has 4 nitrogen and oxygen atoms in total. The first kappa shape index (κ1) is 18.8. The fraction of sp³-hybridized carbons (Fsp3) is 1.00. The Balaban J connectivity index is 3.52. The molecule has 0 radical (unpaired) electrons. The minimum Gasteiger partial charge on any atom is -0.379 e. The van der Waals surface area contributed by atoms with Crippen LogP contribution < -0.4 is 0 Å². The third kappa shape index (κ3) is 11.4. The van der Waals surface area contributed by atoms with Crippen LogP contribution in [0.1, 0.15) is 34.1 Å². The molecule has 0 bridgehead atoms. The Bertz CT molecular complexity index is 201. The van der Waals surface area contributed by atoms with Gasteiger partial charge in [-0.05, 0) is 48.2 Å². The van der Waals surface area contributed by atoms with Gasteiger partial charge in [-0.1, -0.05) is 0 Å². The van der Waals surface area contributed by atoms with Crippen molar-refractivity contribution >= 4 is 0 Å². The van der Waals surface area contributed by atoms with Crippen LogP contribution in [-0.4, -0.2) is 75.5 Å². The summed E-state index contributed by atoms with van der Waals surface area (Å²) < 4.78 is 11.0. The molecule has 0 aromatic heterocycles. The zero-order valence-electron chi connectivity index (χ0n) is 13.8. The molecule has 0 saturated carbocycles. The molecule has 0 fully saturated rings. The smallest absolute Gasteiger partial charge is 0.0704 e. The van der Waals surface area contributed by atoms with Crippen molar-refractivity contribution in [2.45, 2.75) is 46.3 Å². The van der Waals surface area contributed by atoms with E-state index in [1.807, 2.05) is 6.92 Å². The van der Waals surface area contributed by atoms with Gasteiger partial charge in [0.25, 0.3) is 0 Å². The molecule has 0 rings (SSSR count). The van der Waals surface area contributed by atoms with E-state index in [0.29, 0.717) is 25.4 Å². The van der Waals surface area contributed by atoms with Crippen molar-refractivity contribution in [3.63, 3.8) is 0 Å². The monoisotopic (exact) mass is 274 g/mol. The lowest BCUT2D eigenvalue weighted by atomic mass is 10.2. The molecule has 0 amide bonds. The Morgan fingerprint density at radius 1 is 0.947 bits per heavy atom. The fourth-order valence-corrected chi connectivity index (χ4v) is 1.64. The van der Waals surface area contributed by atoms with Crippen LogP contribution in [0.4, 0.5) is 0 Å². The van der Waals surface area contributed by atoms with E-state index in [0.717, 1.165) is 32.7 Å². The van der Waals surface area contributed by atoms with Crippen LogP contribution in [0.5, 0.6) is 0 Å². The van der Waals surface area contributed by atoms with Gasteiger partial charge in [0, 0.05) is 32.3 Å². The maximum atomic E-state index is 5.70. The second-order valence-corrected chi connectivity index (χ2v) is 5.54. The summed E-state index contributed by atoms with van der Waals surface area (Å²) in [4.78, 5) is 4.75. The minimum absolute atomic E-state index is 0.311. The lowest BCUT2D eigenvalue weighted by Crippen LogP contribution is -2.35. The topological polar surface area (TPSA) is 24.9 Å². The predicted octanol–water partition coefficient (Wildman–Crippen LogP) is 2.09. The van der Waals surface area contributed by atoms with E-state index in [-0.39, 0.29) is 0 Å². The molecule has 0 spiro atoms. The molecule has 1 unspecified atom stereocenters. The Hall–Kier alpha value is -0.160. The van der Waals surface area contributed by atoms with Gasteiger partial charge in [0.05, 0.1) is 19.3 Å². The Morgan fingerprint density at radius 3 is 2.21 bits per heavy atom. The highest BCUT2D eigenvalue weighted by atomic mass is 16.5. The molecule has 0 aliphatic heterocycles. The number of hydrogen-bond acceptors (Lipinski definition) is 4. The Kier molecular flexibility index (Phi) is 11.6. The van der Waals surface area contributed by atoms with E-state index in [9.17, 15) is 0 Å². The van der Waals surface area contributed by atoms with Crippen molar-refractivity contribution in [1.82, 2.24) is 9.80 Å². The van der Waals surface area contributed by atoms with Gasteiger partial charge >= 0.3 is 0 Å². The first-order valence-corrected chi connectivity index (χ1v) is 7.55. The number of rotatable bonds is 12. The van der Waals surface area contributed by atoms with E-state index >= 15 is 0 Å². The number of nitrogens with zero attached hydrogens (tertiary/aromatic N) is 2. The molecule has 0 aliphatic rings. The number of hydrogen-bond donors (Lipinski definition) is 0. The van der Waals surface area contributed by atoms with Gasteiger partial charge in [0.1, 0.15) is 0 Å². The molecule has 116 valence electrons. The lowest BCUT2D eigenvalue weighted by Gasteiger charge is -2.25. The van der Waals surface area contributed by atoms with Crippen LogP contribution in [0.3, 0.4) is 0 Å². The lowest BCUT2D eigenvalue weighted by molar-refractivity contribution is 0.00894. The quantitative estimate of drug-likeness (QED) is 0.509. The molecule has 0 aromatic carbocycles. The highest BCUT2D eigenvalue weighted by molar-refractivity contribution is 4.62. The standard InChI is InChI=1S/C15H34N2O2/c1-7-18-12-13-19-15(4)8-9-16(5)10-11-17(6)14(2)3/h14-15H,7-13H2,1-6H3. The highest BCUT2D eigenvalue weighted by Gasteiger charge is 2.07. The van der Waals surface area contributed by atoms with E-state index in [1.165, 1.54) is 0 Å². The zero-order valence-corrected chi connectivity index (χ0v) is 13.8. The normalized spacial score (nSPS) is 13.7. The molecular formula is C15H34N2O2. The molecule has 4 heteroatoms. The minimum atomic E-state index is 0.311. The van der Waals surface area contributed by atoms with Gasteiger partial charge in [-0.25, -0.2) is 0 Å². The summed E-state index contributed by atoms with van der Waals surface area (Å²) in [6.07, 6.45) is 1.39. The summed E-state index contributed by atoms with van der Waals surface area (Å²) in [7, 11) is 4.36. The van der Waals surface area contributed by atoms with Crippen LogP contribution in [0.25, 0.3) is 0 Å². The third-order valence-electron chi connectivity index (χ3n) is 3.47. The average molecular weight is 274 g/mol. The Labute approximate surface area is 120 Å². The molecule has 19 heavy (non-hydrogen) atoms. The number of ether oxygens (including phenoxy) is 2. The van der Waals surface area contributed by atoms with E-state index in [4.69, 9.17) is 9.47 Å². The third-order valence-corrected chi connectivity index (χ3v) is 3.47. The van der Waals surface area contributed by atoms with Crippen molar-refractivity contribution in [3.05, 3.63) is 0 Å². The van der Waals surface area contributed by atoms with Crippen LogP contribution >= 0.6 is 0 Å². The summed E-state index contributed by atoms with van der Waals surface area (Å²) in [6, 6.07) is 0.620. The molecule has 0 aromatic rings. The molecule has 1 atom stereocenters. The van der Waals surface area contributed by atoms with Crippen molar-refractivity contribution in [3.8, 4) is 0 Å². The van der Waals surface area contributed by atoms with Crippen molar-refractivity contribution in [1.29, 1.82) is 0 Å². The van der Waals surface area contributed by atoms with E-state index < -0.39 is 0 Å². The first-order chi connectivity index (χ1) is 8.97. The summed E-state index contributed by atoms with van der Waals surface area (Å²) >= 11 is 0. The molecule has 0 saturated heterocycles. The van der Waals surface area contributed by atoms with Gasteiger partial charge in [-0.2, -0.15) is 0 Å². The summed E-state index contributed by atoms with van der Waals surface area (Å²) in [5.74, 6) is 0. The van der Waals surface area contributed by atoms with Gasteiger partial charge < -0.3 is 19.3 Å². The molecule has 0 N–H and O–H groups in total. The van der Waals surface area contributed by atoms with Gasteiger partial charge in [0.15, 0.2) is 0 Å². The van der Waals surface area contributed by atoms with E-state index in [2.05, 4.69) is 44.7 Å². The zero-order chi connectivity index (χ0) is 14.7. The molecule has 0 heterocycles. The summed E-state index contributed by atoms with van der Waals surface area (Å²) in [5, 5.41) is 0. The van der Waals surface area contributed by atoms with Crippen molar-refractivity contribution < 1.29 is 9.47 Å². The van der Waals surface area contributed by atoms with Gasteiger partial charge in [0.2, 0.25) is 0 Å². The highest BCUT2D eigenvalue weighted by Crippen LogP contribution is 2.00. The maximum Gasteiger partial charge on any atom is 0.0704 e. The first-order valence-electron chi connectivity index (χ1n) is 7.55. The maximum absolute atomic E-state index is 5.70. The summed E-state index contributed by atoms with van der Waals surface area (Å²) in [5.41, 5.74) is 0. The van der Waals surface area contributed by atoms with Gasteiger partial charge in [-0.3, -0.25) is 0 Å². The van der Waals surface area contributed by atoms with Crippen LogP contribution in [-0.2, 0) is 9.47 Å². The molecular weight excluding hydrogens is 240 g/mol. The Morgan fingerprint density at radius 2 is 1.63 bits per heavy atom. The predicted molar refractivity (Wildman–Crippen MR) is 81.8 cm³/mol.